The minimum absolute atomic E-state index is 0.0621. The van der Waals surface area contributed by atoms with Gasteiger partial charge in [0, 0.05) is 33.3 Å². The normalized spacial score (nSPS) is 37.2. The van der Waals surface area contributed by atoms with Gasteiger partial charge in [-0.2, -0.15) is 5.48 Å². The van der Waals surface area contributed by atoms with Gasteiger partial charge in [0.05, 0.1) is 39.6 Å². The molecule has 5 heterocycles. The Kier molecular flexibility index (Phi) is 28.3. The van der Waals surface area contributed by atoms with Gasteiger partial charge in [0.25, 0.3) is 5.91 Å². The molecule has 87 heavy (non-hydrogen) atoms. The standard InChI is InChI=1S/C55H88N6O26/c1-6-7-8-9-10-11-12-13-14-18-78-30-17-15-16-29(19-30)51(77)60-36-41(72)40(71)31(20-62)79-52(36)83-46-32(21-63)80-53(37(42(46)73)56-25(2)67)84-47-33(22-64)81-54(38(43(47)74)57-26(3)68)85-48-34(23-65)82-55(39(44(48)75)58-27(4)69)86-49-35(24-66)87-61-50(45(49)76)59-28(5)70/h11-12,15-17,19,31-50,52-55,61-66,71-76H,6-10,13-14,18,20-24H2,1-5H3,(H,56,67)(H,57,68)(H,58,69)(H,59,70)(H,60,77)/b12-11-/t31?,32?,33?,34?,35?,36?,37?,38-,39?,40+,41+,42?,43+,44?,45-,46+,47?,48+,49-,50+,52?,53?,54-,55-/m0/s1. The number of amides is 5. The molecule has 0 radical (unpaired) electrons. The number of nitrogens with one attached hydrogen (secondary N) is 6. The summed E-state index contributed by atoms with van der Waals surface area (Å²) >= 11 is 0. The van der Waals surface area contributed by atoms with E-state index in [9.17, 15) is 80.1 Å². The van der Waals surface area contributed by atoms with Crippen LogP contribution in [-0.4, -0.2) is 272 Å². The Balaban J connectivity index is 1.18. The van der Waals surface area contributed by atoms with Gasteiger partial charge in [-0.1, -0.05) is 44.4 Å². The first kappa shape index (κ1) is 71.3. The van der Waals surface area contributed by atoms with Crippen LogP contribution in [0.5, 0.6) is 5.75 Å². The van der Waals surface area contributed by atoms with Crippen LogP contribution in [0.15, 0.2) is 36.4 Å². The lowest BCUT2D eigenvalue weighted by molar-refractivity contribution is -0.366. The van der Waals surface area contributed by atoms with Crippen LogP contribution in [0.25, 0.3) is 0 Å². The molecule has 24 atom stereocenters. The number of allylic oxidation sites excluding steroid dienone is 2. The van der Waals surface area contributed by atoms with E-state index in [1.807, 2.05) is 0 Å². The molecule has 0 bridgehead atoms. The molecule has 1 aromatic rings. The first-order valence-corrected chi connectivity index (χ1v) is 29.1. The van der Waals surface area contributed by atoms with Gasteiger partial charge in [-0.3, -0.25) is 28.8 Å². The Morgan fingerprint density at radius 1 is 0.494 bits per heavy atom. The van der Waals surface area contributed by atoms with Crippen LogP contribution in [0.3, 0.4) is 0 Å². The van der Waals surface area contributed by atoms with Crippen molar-refractivity contribution in [3.63, 3.8) is 0 Å². The number of carbonyl (C=O) groups is 5. The predicted octanol–water partition coefficient (Wildman–Crippen LogP) is -6.08. The maximum Gasteiger partial charge on any atom is 0.251 e. The fourth-order valence-corrected chi connectivity index (χ4v) is 10.8. The summed E-state index contributed by atoms with van der Waals surface area (Å²) in [6.07, 6.45) is -23.1. The number of benzene rings is 1. The average Bonchev–Trinajstić information content (AvgIpc) is 1.47. The first-order chi connectivity index (χ1) is 41.6. The van der Waals surface area contributed by atoms with Crippen molar-refractivity contribution in [1.29, 1.82) is 0 Å². The number of rotatable bonds is 29. The summed E-state index contributed by atoms with van der Waals surface area (Å²) in [6.45, 7) is 2.28. The van der Waals surface area contributed by atoms with Crippen LogP contribution in [0, 0.1) is 0 Å². The summed E-state index contributed by atoms with van der Waals surface area (Å²) < 4.78 is 54.5. The quantitative estimate of drug-likeness (QED) is 0.0262. The number of carbonyl (C=O) groups excluding carboxylic acids is 5. The molecule has 5 aliphatic heterocycles. The van der Waals surface area contributed by atoms with Crippen molar-refractivity contribution in [2.75, 3.05) is 39.6 Å². The van der Waals surface area contributed by atoms with Gasteiger partial charge in [0.1, 0.15) is 128 Å². The SMILES string of the molecule is CCCCCC/C=C\CCCOc1cccc(C(=O)NC2C(O[C@@H]3C(CO)OC(OC4C(CO)O[C@@H](O[C@@H]5C(CO)O[C@@H](O[C@H]6C(CO)ON[C@@H](NC(C)=O)[C@H]6O)C(NC(C)=O)C5O)[C@@H](NC(C)=O)[C@H]4O)C(NC(C)=O)C3O)OC(CO)[C@@H](O)[C@@H]2O)c1. The van der Waals surface area contributed by atoms with Gasteiger partial charge in [0.15, 0.2) is 25.2 Å². The lowest BCUT2D eigenvalue weighted by atomic mass is 9.93. The molecule has 0 aromatic heterocycles. The smallest absolute Gasteiger partial charge is 0.251 e. The van der Waals surface area contributed by atoms with Crippen molar-refractivity contribution >= 4 is 29.5 Å². The fourth-order valence-electron chi connectivity index (χ4n) is 10.8. The molecular weight excluding hydrogens is 1160 g/mol. The zero-order valence-corrected chi connectivity index (χ0v) is 49.1. The van der Waals surface area contributed by atoms with E-state index in [4.69, 9.17) is 47.5 Å². The molecule has 1 aromatic carbocycles. The Bertz CT molecular complexity index is 2370. The van der Waals surface area contributed by atoms with Gasteiger partial charge in [-0.15, -0.1) is 0 Å². The van der Waals surface area contributed by atoms with Crippen molar-refractivity contribution in [2.45, 2.75) is 227 Å². The van der Waals surface area contributed by atoms with E-state index in [-0.39, 0.29) is 5.56 Å². The zero-order chi connectivity index (χ0) is 63.6. The Morgan fingerprint density at radius 2 is 0.908 bits per heavy atom. The Hall–Kier alpha value is -4.73. The summed E-state index contributed by atoms with van der Waals surface area (Å²) in [5.41, 5.74) is 2.45. The van der Waals surface area contributed by atoms with E-state index in [0.717, 1.165) is 53.4 Å². The molecule has 0 aliphatic carbocycles. The molecule has 32 nitrogen and oxygen atoms in total. The van der Waals surface area contributed by atoms with E-state index in [0.29, 0.717) is 18.8 Å². The monoisotopic (exact) mass is 1250 g/mol. The fraction of sp³-hybridized carbons (Fsp3) is 0.764. The third kappa shape index (κ3) is 18.9. The van der Waals surface area contributed by atoms with Crippen molar-refractivity contribution in [1.82, 2.24) is 32.1 Å². The van der Waals surface area contributed by atoms with Crippen molar-refractivity contribution in [3.8, 4) is 5.75 Å². The Morgan fingerprint density at radius 3 is 1.33 bits per heavy atom. The first-order valence-electron chi connectivity index (χ1n) is 29.1. The van der Waals surface area contributed by atoms with Gasteiger partial charge < -0.3 is 125 Å². The molecule has 0 spiro atoms. The molecule has 5 aliphatic rings. The lowest BCUT2D eigenvalue weighted by Gasteiger charge is -2.51. The minimum atomic E-state index is -2.01. The van der Waals surface area contributed by atoms with Crippen LogP contribution in [0.2, 0.25) is 0 Å². The lowest BCUT2D eigenvalue weighted by Crippen LogP contribution is -2.72. The van der Waals surface area contributed by atoms with Crippen molar-refractivity contribution in [2.24, 2.45) is 0 Å². The summed E-state index contributed by atoms with van der Waals surface area (Å²) in [7, 11) is 0. The van der Waals surface area contributed by atoms with Crippen LogP contribution in [0.1, 0.15) is 89.9 Å². The van der Waals surface area contributed by atoms with Gasteiger partial charge >= 0.3 is 0 Å². The molecule has 13 unspecified atom stereocenters. The van der Waals surface area contributed by atoms with E-state index in [2.05, 4.69) is 51.1 Å². The van der Waals surface area contributed by atoms with Crippen molar-refractivity contribution in [3.05, 3.63) is 42.0 Å². The molecule has 0 saturated carbocycles. The van der Waals surface area contributed by atoms with E-state index in [1.54, 1.807) is 12.1 Å². The molecule has 5 saturated heterocycles. The summed E-state index contributed by atoms with van der Waals surface area (Å²) in [6, 6.07) is -0.569. The molecule has 5 amide bonds. The molecular formula is C55H88N6O26. The van der Waals surface area contributed by atoms with E-state index >= 15 is 0 Å². The minimum Gasteiger partial charge on any atom is -0.494 e. The largest absolute Gasteiger partial charge is 0.494 e. The number of aliphatic hydroxyl groups is 11. The van der Waals surface area contributed by atoms with Crippen LogP contribution < -0.4 is 36.8 Å². The number of hydrogen-bond donors (Lipinski definition) is 17. The molecule has 17 N–H and O–H groups in total. The van der Waals surface area contributed by atoms with Crippen LogP contribution in [-0.2, 0) is 61.9 Å². The third-order valence-corrected chi connectivity index (χ3v) is 15.2. The molecule has 32 heteroatoms. The second-order valence-corrected chi connectivity index (χ2v) is 21.9. The highest BCUT2D eigenvalue weighted by Gasteiger charge is 2.57. The van der Waals surface area contributed by atoms with Gasteiger partial charge in [-0.05, 0) is 43.9 Å². The second-order valence-electron chi connectivity index (χ2n) is 21.9. The number of hydroxylamine groups is 1. The number of ether oxygens (including phenoxy) is 9. The van der Waals surface area contributed by atoms with Crippen LogP contribution >= 0.6 is 0 Å². The maximum atomic E-state index is 13.9. The molecule has 5 fully saturated rings. The van der Waals surface area contributed by atoms with Gasteiger partial charge in [0.2, 0.25) is 23.6 Å². The zero-order valence-electron chi connectivity index (χ0n) is 49.1. The summed E-state index contributed by atoms with van der Waals surface area (Å²) in [4.78, 5) is 69.4. The highest BCUT2D eigenvalue weighted by molar-refractivity contribution is 5.94. The topological polar surface area (TPSA) is 472 Å². The second kappa shape index (κ2) is 34.5. The molecule has 494 valence electrons. The molecule has 6 rings (SSSR count). The number of hydrogen-bond acceptors (Lipinski definition) is 27. The highest BCUT2D eigenvalue weighted by Crippen LogP contribution is 2.36. The average molecular weight is 1250 g/mol. The van der Waals surface area contributed by atoms with Crippen LogP contribution in [0.4, 0.5) is 0 Å². The third-order valence-electron chi connectivity index (χ3n) is 15.2. The number of aliphatic hydroxyl groups excluding tert-OH is 11. The predicted molar refractivity (Wildman–Crippen MR) is 294 cm³/mol. The van der Waals surface area contributed by atoms with Gasteiger partial charge in [-0.25, -0.2) is 0 Å². The summed E-state index contributed by atoms with van der Waals surface area (Å²) in [5, 5.41) is 135. The highest BCUT2D eigenvalue weighted by atomic mass is 16.8. The van der Waals surface area contributed by atoms with E-state index < -0.39 is 210 Å². The number of unbranched alkanes of at least 4 members (excludes halogenated alkanes) is 5. The maximum absolute atomic E-state index is 13.9. The van der Waals surface area contributed by atoms with Crippen molar-refractivity contribution < 1.29 is 128 Å². The van der Waals surface area contributed by atoms with E-state index in [1.165, 1.54) is 25.0 Å². The summed E-state index contributed by atoms with van der Waals surface area (Å²) in [5.74, 6) is -3.38. The Labute approximate surface area is 502 Å².